The third kappa shape index (κ3) is 2.30. The topological polar surface area (TPSA) is 62.6 Å². The highest BCUT2D eigenvalue weighted by molar-refractivity contribution is 5.98. The van der Waals surface area contributed by atoms with Gasteiger partial charge in [0.05, 0.1) is 31.8 Å². The van der Waals surface area contributed by atoms with Crippen molar-refractivity contribution in [2.45, 2.75) is 13.5 Å². The van der Waals surface area contributed by atoms with Crippen LogP contribution in [0.15, 0.2) is 30.3 Å². The van der Waals surface area contributed by atoms with Crippen molar-refractivity contribution in [3.8, 4) is 17.1 Å². The molecular formula is C17H18N2O4. The molecule has 6 nitrogen and oxygen atoms in total. The Morgan fingerprint density at radius 1 is 1.30 bits per heavy atom. The summed E-state index contributed by atoms with van der Waals surface area (Å²) in [6, 6.07) is 9.63. The molecule has 0 saturated carbocycles. The van der Waals surface area contributed by atoms with E-state index < -0.39 is 5.97 Å². The zero-order chi connectivity index (χ0) is 15.9. The van der Waals surface area contributed by atoms with Gasteiger partial charge in [0.15, 0.2) is 0 Å². The molecule has 4 rings (SSSR count). The minimum absolute atomic E-state index is 0.0150. The van der Waals surface area contributed by atoms with E-state index in [9.17, 15) is 4.79 Å². The first-order valence-electron chi connectivity index (χ1n) is 7.76. The van der Waals surface area contributed by atoms with Crippen molar-refractivity contribution < 1.29 is 19.0 Å². The number of rotatable bonds is 3. The second-order valence-electron chi connectivity index (χ2n) is 6.05. The molecule has 0 amide bonds. The van der Waals surface area contributed by atoms with E-state index in [2.05, 4.69) is 5.10 Å². The van der Waals surface area contributed by atoms with E-state index in [0.29, 0.717) is 50.1 Å². The minimum atomic E-state index is -0.395. The molecule has 2 aromatic rings. The maximum atomic E-state index is 12.4. The van der Waals surface area contributed by atoms with Gasteiger partial charge in [0.1, 0.15) is 17.9 Å². The van der Waals surface area contributed by atoms with Gasteiger partial charge in [-0.05, 0) is 6.92 Å². The first-order chi connectivity index (χ1) is 11.2. The molecule has 1 saturated heterocycles. The summed E-state index contributed by atoms with van der Waals surface area (Å²) in [5.74, 6) is 0.105. The van der Waals surface area contributed by atoms with Gasteiger partial charge in [-0.15, -0.1) is 0 Å². The first kappa shape index (κ1) is 14.3. The number of carbonyl (C=O) groups is 1. The van der Waals surface area contributed by atoms with Gasteiger partial charge >= 0.3 is 5.97 Å². The maximum Gasteiger partial charge on any atom is 0.345 e. The van der Waals surface area contributed by atoms with E-state index in [1.807, 2.05) is 30.3 Å². The van der Waals surface area contributed by atoms with Gasteiger partial charge in [-0.1, -0.05) is 30.3 Å². The SMILES string of the molecule is CCOC(=O)c1c(-c2ccccc2)nn2c1OCC1(COC1)C2. The molecule has 3 heterocycles. The number of fused-ring (bicyclic) bond motifs is 1. The Hall–Kier alpha value is -2.34. The lowest BCUT2D eigenvalue weighted by Gasteiger charge is -2.43. The van der Waals surface area contributed by atoms with E-state index in [1.54, 1.807) is 11.6 Å². The standard InChI is InChI=1S/C17H18N2O4/c1-2-22-16(20)13-14(12-6-4-3-5-7-12)18-19-8-17(9-21-10-17)11-23-15(13)19/h3-7H,2,8-11H2,1H3. The Morgan fingerprint density at radius 3 is 2.74 bits per heavy atom. The second-order valence-corrected chi connectivity index (χ2v) is 6.05. The van der Waals surface area contributed by atoms with Gasteiger partial charge < -0.3 is 14.2 Å². The van der Waals surface area contributed by atoms with Gasteiger partial charge in [-0.25, -0.2) is 9.48 Å². The number of aromatic nitrogens is 2. The molecule has 1 fully saturated rings. The Bertz CT molecular complexity index is 735. The molecular weight excluding hydrogens is 296 g/mol. The van der Waals surface area contributed by atoms with Crippen molar-refractivity contribution in [3.63, 3.8) is 0 Å². The lowest BCUT2D eigenvalue weighted by atomic mass is 9.86. The van der Waals surface area contributed by atoms with Crippen molar-refractivity contribution in [2.24, 2.45) is 5.41 Å². The zero-order valence-electron chi connectivity index (χ0n) is 12.9. The third-order valence-electron chi connectivity index (χ3n) is 4.25. The quantitative estimate of drug-likeness (QED) is 0.812. The van der Waals surface area contributed by atoms with E-state index >= 15 is 0 Å². The molecule has 2 aliphatic rings. The van der Waals surface area contributed by atoms with Crippen molar-refractivity contribution in [1.82, 2.24) is 9.78 Å². The summed E-state index contributed by atoms with van der Waals surface area (Å²) in [7, 11) is 0. The van der Waals surface area contributed by atoms with Crippen LogP contribution in [0.5, 0.6) is 5.88 Å². The predicted molar refractivity (Wildman–Crippen MR) is 82.4 cm³/mol. The lowest BCUT2D eigenvalue weighted by Crippen LogP contribution is -2.52. The molecule has 0 N–H and O–H groups in total. The van der Waals surface area contributed by atoms with Crippen molar-refractivity contribution in [1.29, 1.82) is 0 Å². The molecule has 1 spiro atoms. The monoisotopic (exact) mass is 314 g/mol. The maximum absolute atomic E-state index is 12.4. The van der Waals surface area contributed by atoms with Gasteiger partial charge in [-0.3, -0.25) is 0 Å². The minimum Gasteiger partial charge on any atom is -0.476 e. The largest absolute Gasteiger partial charge is 0.476 e. The van der Waals surface area contributed by atoms with E-state index in [4.69, 9.17) is 14.2 Å². The molecule has 0 unspecified atom stereocenters. The fraction of sp³-hybridized carbons (Fsp3) is 0.412. The predicted octanol–water partition coefficient (Wildman–Crippen LogP) is 2.14. The van der Waals surface area contributed by atoms with Gasteiger partial charge in [0.2, 0.25) is 5.88 Å². The molecule has 1 aromatic carbocycles. The molecule has 0 atom stereocenters. The number of hydrogen-bond acceptors (Lipinski definition) is 5. The molecule has 0 bridgehead atoms. The highest BCUT2D eigenvalue weighted by Gasteiger charge is 2.45. The van der Waals surface area contributed by atoms with Crippen LogP contribution in [0.1, 0.15) is 17.3 Å². The fourth-order valence-electron chi connectivity index (χ4n) is 3.04. The van der Waals surface area contributed by atoms with Crippen LogP contribution in [0.2, 0.25) is 0 Å². The fourth-order valence-corrected chi connectivity index (χ4v) is 3.04. The molecule has 2 aliphatic heterocycles. The second kappa shape index (κ2) is 5.38. The molecule has 1 aromatic heterocycles. The summed E-state index contributed by atoms with van der Waals surface area (Å²) in [5, 5.41) is 4.64. The number of hydrogen-bond donors (Lipinski definition) is 0. The molecule has 6 heteroatoms. The number of esters is 1. The Kier molecular flexibility index (Phi) is 3.34. The molecule has 23 heavy (non-hydrogen) atoms. The van der Waals surface area contributed by atoms with Crippen molar-refractivity contribution >= 4 is 5.97 Å². The summed E-state index contributed by atoms with van der Waals surface area (Å²) in [5.41, 5.74) is 1.88. The van der Waals surface area contributed by atoms with Crippen LogP contribution >= 0.6 is 0 Å². The van der Waals surface area contributed by atoms with Gasteiger partial charge in [0, 0.05) is 5.56 Å². The Morgan fingerprint density at radius 2 is 2.09 bits per heavy atom. The summed E-state index contributed by atoms with van der Waals surface area (Å²) >= 11 is 0. The van der Waals surface area contributed by atoms with E-state index in [1.165, 1.54) is 0 Å². The van der Waals surface area contributed by atoms with E-state index in [0.717, 1.165) is 5.56 Å². The van der Waals surface area contributed by atoms with Crippen LogP contribution in [-0.2, 0) is 16.0 Å². The smallest absolute Gasteiger partial charge is 0.345 e. The van der Waals surface area contributed by atoms with Crippen molar-refractivity contribution in [2.75, 3.05) is 26.4 Å². The van der Waals surface area contributed by atoms with Crippen LogP contribution < -0.4 is 4.74 Å². The summed E-state index contributed by atoms with van der Waals surface area (Å²) in [6.07, 6.45) is 0. The van der Waals surface area contributed by atoms with Crippen LogP contribution in [0, 0.1) is 5.41 Å². The van der Waals surface area contributed by atoms with E-state index in [-0.39, 0.29) is 5.41 Å². The summed E-state index contributed by atoms with van der Waals surface area (Å²) in [4.78, 5) is 12.4. The Labute approximate surface area is 134 Å². The lowest BCUT2D eigenvalue weighted by molar-refractivity contribution is -0.154. The summed E-state index contributed by atoms with van der Waals surface area (Å²) in [6.45, 7) is 4.68. The summed E-state index contributed by atoms with van der Waals surface area (Å²) < 4.78 is 18.2. The first-order valence-corrected chi connectivity index (χ1v) is 7.76. The van der Waals surface area contributed by atoms with Crippen LogP contribution in [-0.4, -0.2) is 42.2 Å². The average molecular weight is 314 g/mol. The van der Waals surface area contributed by atoms with Crippen molar-refractivity contribution in [3.05, 3.63) is 35.9 Å². The van der Waals surface area contributed by atoms with Gasteiger partial charge in [-0.2, -0.15) is 5.10 Å². The normalized spacial score (nSPS) is 18.0. The highest BCUT2D eigenvalue weighted by Crippen LogP contribution is 2.40. The van der Waals surface area contributed by atoms with Crippen LogP contribution in [0.3, 0.4) is 0 Å². The number of nitrogens with zero attached hydrogens (tertiary/aromatic N) is 2. The molecule has 120 valence electrons. The molecule has 0 radical (unpaired) electrons. The Balaban J connectivity index is 1.80. The zero-order valence-corrected chi connectivity index (χ0v) is 12.9. The highest BCUT2D eigenvalue weighted by atomic mass is 16.5. The number of carbonyl (C=O) groups excluding carboxylic acids is 1. The molecule has 0 aliphatic carbocycles. The number of ether oxygens (including phenoxy) is 3. The van der Waals surface area contributed by atoms with Crippen LogP contribution in [0.25, 0.3) is 11.3 Å². The third-order valence-corrected chi connectivity index (χ3v) is 4.25. The average Bonchev–Trinajstić information content (AvgIpc) is 2.92. The number of benzene rings is 1. The van der Waals surface area contributed by atoms with Gasteiger partial charge in [0.25, 0.3) is 0 Å². The van der Waals surface area contributed by atoms with Crippen LogP contribution in [0.4, 0.5) is 0 Å².